The summed E-state index contributed by atoms with van der Waals surface area (Å²) in [5.74, 6) is 1.95. The summed E-state index contributed by atoms with van der Waals surface area (Å²) in [6, 6.07) is 88.5. The number of pyridine rings is 1. The first-order valence-electron chi connectivity index (χ1n) is 29.4. The molecule has 0 aliphatic carbocycles. The van der Waals surface area contributed by atoms with Crippen LogP contribution in [0.5, 0.6) is 11.5 Å². The van der Waals surface area contributed by atoms with Crippen LogP contribution in [0, 0.1) is 18.5 Å². The summed E-state index contributed by atoms with van der Waals surface area (Å²) < 4.78 is 14.2. The monoisotopic (exact) mass is 1290 g/mol. The van der Waals surface area contributed by atoms with Crippen molar-refractivity contribution in [2.24, 2.45) is 0 Å². The first-order valence-corrected chi connectivity index (χ1v) is 29.4. The van der Waals surface area contributed by atoms with Gasteiger partial charge in [-0.05, 0) is 108 Å². The molecule has 0 atom stereocenters. The summed E-state index contributed by atoms with van der Waals surface area (Å²) >= 11 is 0. The SMILES string of the molecule is CC(C)(C)c1cc(-c2ccccc2)cc(-[n+]2[c-]n(-c3[c-]c(Oc4[c-]c5c(cc4)c4cc(-c6ccccc6)ccc4n5-c4cc(C(C)(C)C)ccn4)cc(C(C)(C)c4ccccc4)c3)c(C(C)(C)c3ccccc3)c2C(C)(C)c2ccccc2)c1.[Pt]. The Hall–Kier alpha value is -8.37. The molecule has 0 bridgehead atoms. The van der Waals surface area contributed by atoms with Crippen LogP contribution < -0.4 is 9.30 Å². The maximum atomic E-state index is 7.29. The van der Waals surface area contributed by atoms with Gasteiger partial charge in [-0.3, -0.25) is 4.57 Å². The molecule has 0 fully saturated rings. The number of ether oxygens (including phenoxy) is 1. The largest absolute Gasteiger partial charge is 0.510 e. The normalized spacial score (nSPS) is 12.4. The van der Waals surface area contributed by atoms with E-state index in [4.69, 9.17) is 9.72 Å². The Kier molecular flexibility index (Phi) is 15.5. The van der Waals surface area contributed by atoms with E-state index in [0.717, 1.165) is 78.2 Å². The fraction of sp³-hybridized carbons (Fsp3) is 0.215. The number of nitrogens with zero attached hydrogens (tertiary/aromatic N) is 4. The summed E-state index contributed by atoms with van der Waals surface area (Å²) in [4.78, 5) is 5.04. The molecule has 0 N–H and O–H groups in total. The van der Waals surface area contributed by atoms with Gasteiger partial charge in [0.15, 0.2) is 0 Å². The zero-order valence-electron chi connectivity index (χ0n) is 51.0. The van der Waals surface area contributed by atoms with Crippen molar-refractivity contribution in [3.8, 4) is 50.9 Å². The average Bonchev–Trinajstić information content (AvgIpc) is 2.01. The second kappa shape index (κ2) is 22.6. The van der Waals surface area contributed by atoms with Crippen molar-refractivity contribution in [2.45, 2.75) is 110 Å². The van der Waals surface area contributed by atoms with Crippen LogP contribution in [0.1, 0.15) is 128 Å². The molecule has 0 saturated carbocycles. The molecule has 6 heteroatoms. The molecule has 85 heavy (non-hydrogen) atoms. The van der Waals surface area contributed by atoms with Gasteiger partial charge in [-0.15, -0.1) is 35.2 Å². The number of hydrogen-bond acceptors (Lipinski definition) is 2. The molecule has 0 radical (unpaired) electrons. The molecule has 12 aromatic rings. The Morgan fingerprint density at radius 3 is 1.55 bits per heavy atom. The van der Waals surface area contributed by atoms with Crippen molar-refractivity contribution in [2.75, 3.05) is 0 Å². The second-order valence-electron chi connectivity index (χ2n) is 26.2. The van der Waals surface area contributed by atoms with E-state index in [1.54, 1.807) is 0 Å². The van der Waals surface area contributed by atoms with Gasteiger partial charge in [0.1, 0.15) is 5.82 Å². The maximum absolute atomic E-state index is 7.29. The average molecular weight is 1290 g/mol. The van der Waals surface area contributed by atoms with Crippen molar-refractivity contribution in [3.63, 3.8) is 0 Å². The minimum atomic E-state index is -0.584. The Morgan fingerprint density at radius 1 is 0.412 bits per heavy atom. The third kappa shape index (κ3) is 11.2. The van der Waals surface area contributed by atoms with Crippen LogP contribution in [0.4, 0.5) is 0 Å². The maximum Gasteiger partial charge on any atom is 0.267 e. The van der Waals surface area contributed by atoms with Gasteiger partial charge < -0.3 is 13.9 Å². The molecule has 12 rings (SSSR count). The zero-order chi connectivity index (χ0) is 58.8. The topological polar surface area (TPSA) is 35.9 Å². The molecule has 0 unspecified atom stereocenters. The van der Waals surface area contributed by atoms with Crippen LogP contribution in [0.25, 0.3) is 61.3 Å². The standard InChI is InChI=1S/C79H74N4O.Pt/c1-75(2,3)61-42-43-80-72(50-61)83-70-41-38-56(54-28-18-13-19-29-54)46-69(70)68-40-39-66(52-71(68)83)84-67-49-63(77(7,8)58-32-22-15-23-33-58)48-65(51-67)82-53-81(64-45-57(55-30-20-14-21-31-55)44-62(47-64)76(4,5)6)73(78(9,10)59-34-24-16-25-35-59)74(82)79(11,12)60-36-26-17-27-37-60;/h13-50H,1-12H3;/q-2;. The molecule has 0 amide bonds. The summed E-state index contributed by atoms with van der Waals surface area (Å²) in [5.41, 5.74) is 15.7. The number of imidazole rings is 1. The number of fused-ring (bicyclic) bond motifs is 3. The number of aromatic nitrogens is 4. The van der Waals surface area contributed by atoms with Gasteiger partial charge >= 0.3 is 0 Å². The van der Waals surface area contributed by atoms with Crippen molar-refractivity contribution in [1.29, 1.82) is 0 Å². The van der Waals surface area contributed by atoms with Crippen molar-refractivity contribution in [1.82, 2.24) is 14.1 Å². The predicted octanol–water partition coefficient (Wildman–Crippen LogP) is 19.3. The Labute approximate surface area is 518 Å². The fourth-order valence-corrected chi connectivity index (χ4v) is 12.1. The van der Waals surface area contributed by atoms with Gasteiger partial charge in [0.2, 0.25) is 0 Å². The second-order valence-corrected chi connectivity index (χ2v) is 26.2. The fourth-order valence-electron chi connectivity index (χ4n) is 12.1. The van der Waals surface area contributed by atoms with Gasteiger partial charge in [0.05, 0.1) is 17.1 Å². The van der Waals surface area contributed by atoms with Crippen LogP contribution in [0.3, 0.4) is 0 Å². The minimum Gasteiger partial charge on any atom is -0.510 e. The quantitative estimate of drug-likeness (QED) is 0.0852. The van der Waals surface area contributed by atoms with E-state index < -0.39 is 16.2 Å². The van der Waals surface area contributed by atoms with Crippen LogP contribution in [0.2, 0.25) is 0 Å². The van der Waals surface area contributed by atoms with E-state index in [-0.39, 0.29) is 31.9 Å². The van der Waals surface area contributed by atoms with E-state index in [1.807, 2.05) is 6.20 Å². The molecule has 3 aromatic heterocycles. The van der Waals surface area contributed by atoms with Crippen molar-refractivity contribution in [3.05, 3.63) is 294 Å². The summed E-state index contributed by atoms with van der Waals surface area (Å²) in [6.07, 6.45) is 6.05. The van der Waals surface area contributed by atoms with Crippen molar-refractivity contribution >= 4 is 21.8 Å². The first-order chi connectivity index (χ1) is 40.2. The molecule has 3 heterocycles. The van der Waals surface area contributed by atoms with Crippen LogP contribution in [0.15, 0.2) is 231 Å². The third-order valence-corrected chi connectivity index (χ3v) is 17.3. The number of rotatable bonds is 13. The molecular formula is C79H74N4OPt-2. The summed E-state index contributed by atoms with van der Waals surface area (Å²) in [7, 11) is 0. The van der Waals surface area contributed by atoms with Gasteiger partial charge in [-0.25, -0.2) is 4.98 Å². The molecule has 9 aromatic carbocycles. The summed E-state index contributed by atoms with van der Waals surface area (Å²) in [6.45, 7) is 27.6. The van der Waals surface area contributed by atoms with E-state index in [1.165, 1.54) is 27.8 Å². The number of hydrogen-bond donors (Lipinski definition) is 0. The van der Waals surface area contributed by atoms with E-state index in [0.29, 0.717) is 11.5 Å². The van der Waals surface area contributed by atoms with Crippen LogP contribution >= 0.6 is 0 Å². The molecule has 428 valence electrons. The molecule has 0 aliphatic heterocycles. The zero-order valence-corrected chi connectivity index (χ0v) is 53.2. The Bertz CT molecular complexity index is 4350. The first kappa shape index (κ1) is 58.4. The van der Waals surface area contributed by atoms with E-state index >= 15 is 0 Å². The molecule has 0 spiro atoms. The van der Waals surface area contributed by atoms with Gasteiger partial charge in [0, 0.05) is 55.1 Å². The van der Waals surface area contributed by atoms with E-state index in [2.05, 4.69) is 340 Å². The molecule has 5 nitrogen and oxygen atoms in total. The Morgan fingerprint density at radius 2 is 0.965 bits per heavy atom. The predicted molar refractivity (Wildman–Crippen MR) is 346 cm³/mol. The smallest absolute Gasteiger partial charge is 0.267 e. The van der Waals surface area contributed by atoms with Crippen molar-refractivity contribution < 1.29 is 30.4 Å². The summed E-state index contributed by atoms with van der Waals surface area (Å²) in [5, 5.41) is 2.17. The molecule has 0 saturated heterocycles. The third-order valence-electron chi connectivity index (χ3n) is 17.3. The van der Waals surface area contributed by atoms with Crippen LogP contribution in [-0.2, 0) is 48.1 Å². The van der Waals surface area contributed by atoms with Gasteiger partial charge in [-0.2, -0.15) is 12.1 Å². The molecule has 0 aliphatic rings. The van der Waals surface area contributed by atoms with E-state index in [9.17, 15) is 0 Å². The Balaban J connectivity index is 0.00000752. The van der Waals surface area contributed by atoms with Crippen LogP contribution in [-0.4, -0.2) is 14.1 Å². The number of benzene rings is 9. The van der Waals surface area contributed by atoms with Gasteiger partial charge in [0.25, 0.3) is 6.33 Å². The van der Waals surface area contributed by atoms with Gasteiger partial charge in [-0.1, -0.05) is 258 Å². The minimum absolute atomic E-state index is 0. The molecular weight excluding hydrogens is 1220 g/mol.